The van der Waals surface area contributed by atoms with Crippen LogP contribution in [0.25, 0.3) is 0 Å². The third-order valence-electron chi connectivity index (χ3n) is 0.272. The molecule has 0 aromatic rings. The fraction of sp³-hybridized carbons (Fsp3) is 0.500. The zero-order chi connectivity index (χ0) is 4.99. The van der Waals surface area contributed by atoms with Crippen LogP contribution in [0.2, 0.25) is 0 Å². The van der Waals surface area contributed by atoms with E-state index in [4.69, 9.17) is 29.6 Å². The summed E-state index contributed by atoms with van der Waals surface area (Å²) in [4.78, 5) is -0.394. The van der Waals surface area contributed by atoms with Crippen LogP contribution in [-0.4, -0.2) is 4.84 Å². The molecule has 0 radical (unpaired) electrons. The summed E-state index contributed by atoms with van der Waals surface area (Å²) in [5.74, 6) is 2.30. The van der Waals surface area contributed by atoms with Crippen LogP contribution in [0.15, 0.2) is 0 Å². The number of hydrogen-bond donors (Lipinski definition) is 0. The smallest absolute Gasteiger partial charge is 0.118 e. The summed E-state index contributed by atoms with van der Waals surface area (Å²) >= 11 is 10.4. The Kier molecular flexibility index (Phi) is 3.41. The first-order valence-corrected chi connectivity index (χ1v) is 2.36. The van der Waals surface area contributed by atoms with Crippen LogP contribution in [0.4, 0.5) is 0 Å². The van der Waals surface area contributed by atoms with Gasteiger partial charge in [0, 0.05) is 6.42 Å². The summed E-state index contributed by atoms with van der Waals surface area (Å²) in [7, 11) is 0. The second-order valence-electron chi connectivity index (χ2n) is 0.799. The Labute approximate surface area is 47.4 Å². The van der Waals surface area contributed by atoms with Crippen LogP contribution in [-0.2, 0) is 0 Å². The molecule has 0 nitrogen and oxygen atoms in total. The number of hydrogen-bond acceptors (Lipinski definition) is 0. The molecule has 0 unspecified atom stereocenters. The topological polar surface area (TPSA) is 0 Å². The number of halogens is 2. The first kappa shape index (κ1) is 6.14. The van der Waals surface area contributed by atoms with Gasteiger partial charge in [0.1, 0.15) is 4.84 Å². The van der Waals surface area contributed by atoms with Crippen LogP contribution in [0, 0.1) is 12.3 Å². The van der Waals surface area contributed by atoms with Crippen molar-refractivity contribution in [2.45, 2.75) is 11.3 Å². The van der Waals surface area contributed by atoms with Gasteiger partial charge >= 0.3 is 0 Å². The highest BCUT2D eigenvalue weighted by molar-refractivity contribution is 6.44. The SMILES string of the molecule is C#CCC(Cl)Cl. The molecule has 0 amide bonds. The first-order chi connectivity index (χ1) is 2.77. The maximum absolute atomic E-state index is 5.20. The van der Waals surface area contributed by atoms with Gasteiger partial charge in [-0.25, -0.2) is 0 Å². The Bertz CT molecular complexity index is 60.4. The summed E-state index contributed by atoms with van der Waals surface area (Å²) < 4.78 is 0. The first-order valence-electron chi connectivity index (χ1n) is 1.49. The molecule has 6 heavy (non-hydrogen) atoms. The van der Waals surface area contributed by atoms with E-state index in [-0.39, 0.29) is 0 Å². The lowest BCUT2D eigenvalue weighted by Crippen LogP contribution is -1.78. The minimum Gasteiger partial charge on any atom is -0.120 e. The van der Waals surface area contributed by atoms with Gasteiger partial charge in [0.05, 0.1) is 0 Å². The maximum atomic E-state index is 5.20. The van der Waals surface area contributed by atoms with Gasteiger partial charge in [-0.1, -0.05) is 0 Å². The van der Waals surface area contributed by atoms with Crippen molar-refractivity contribution in [3.63, 3.8) is 0 Å². The molecule has 0 aliphatic rings. The van der Waals surface area contributed by atoms with Crippen molar-refractivity contribution in [3.05, 3.63) is 0 Å². The van der Waals surface area contributed by atoms with Gasteiger partial charge in [-0.2, -0.15) is 0 Å². The Morgan fingerprint density at radius 2 is 2.17 bits per heavy atom. The predicted molar refractivity (Wildman–Crippen MR) is 28.9 cm³/mol. The van der Waals surface area contributed by atoms with Gasteiger partial charge in [0.25, 0.3) is 0 Å². The molecule has 2 heteroatoms. The molecule has 0 saturated heterocycles. The molecular formula is C4H4Cl2. The lowest BCUT2D eigenvalue weighted by atomic mass is 10.5. The molecule has 0 aliphatic heterocycles. The van der Waals surface area contributed by atoms with E-state index in [1.54, 1.807) is 0 Å². The van der Waals surface area contributed by atoms with Gasteiger partial charge in [-0.15, -0.1) is 35.5 Å². The molecule has 0 aromatic carbocycles. The van der Waals surface area contributed by atoms with Crippen LogP contribution < -0.4 is 0 Å². The van der Waals surface area contributed by atoms with E-state index in [0.29, 0.717) is 6.42 Å². The van der Waals surface area contributed by atoms with Gasteiger partial charge in [-0.3, -0.25) is 0 Å². The van der Waals surface area contributed by atoms with E-state index in [9.17, 15) is 0 Å². The quantitative estimate of drug-likeness (QED) is 0.368. The van der Waals surface area contributed by atoms with E-state index < -0.39 is 4.84 Å². The van der Waals surface area contributed by atoms with Crippen LogP contribution in [0.5, 0.6) is 0 Å². The largest absolute Gasteiger partial charge is 0.120 e. The minimum atomic E-state index is -0.394. The van der Waals surface area contributed by atoms with Gasteiger partial charge in [-0.05, 0) is 0 Å². The molecular weight excluding hydrogens is 119 g/mol. The van der Waals surface area contributed by atoms with E-state index in [0.717, 1.165) is 0 Å². The van der Waals surface area contributed by atoms with Crippen molar-refractivity contribution in [2.24, 2.45) is 0 Å². The third kappa shape index (κ3) is 4.14. The van der Waals surface area contributed by atoms with Crippen molar-refractivity contribution in [2.75, 3.05) is 0 Å². The van der Waals surface area contributed by atoms with Gasteiger partial charge < -0.3 is 0 Å². The number of rotatable bonds is 1. The Balaban J connectivity index is 2.88. The molecule has 34 valence electrons. The average Bonchev–Trinajstić information content (AvgIpc) is 1.35. The molecule has 0 saturated carbocycles. The summed E-state index contributed by atoms with van der Waals surface area (Å²) in [6.07, 6.45) is 5.24. The van der Waals surface area contributed by atoms with E-state index in [1.807, 2.05) is 0 Å². The number of alkyl halides is 2. The zero-order valence-electron chi connectivity index (χ0n) is 3.12. The molecule has 0 fully saturated rings. The fourth-order valence-corrected chi connectivity index (χ4v) is 0.267. The van der Waals surface area contributed by atoms with E-state index in [1.165, 1.54) is 0 Å². The summed E-state index contributed by atoms with van der Waals surface area (Å²) in [5.41, 5.74) is 0. The van der Waals surface area contributed by atoms with Crippen LogP contribution in [0.3, 0.4) is 0 Å². The molecule has 0 bridgehead atoms. The predicted octanol–water partition coefficient (Wildman–Crippen LogP) is 1.81. The van der Waals surface area contributed by atoms with Crippen molar-refractivity contribution in [3.8, 4) is 12.3 Å². The molecule has 0 rings (SSSR count). The molecule has 0 spiro atoms. The lowest BCUT2D eigenvalue weighted by Gasteiger charge is -1.84. The molecule has 0 aliphatic carbocycles. The lowest BCUT2D eigenvalue weighted by molar-refractivity contribution is 1.20. The fourth-order valence-electron chi connectivity index (χ4n) is 0.0891. The molecule has 0 atom stereocenters. The zero-order valence-corrected chi connectivity index (χ0v) is 4.63. The standard InChI is InChI=1S/C4H4Cl2/c1-2-3-4(5)6/h1,4H,3H2. The van der Waals surface area contributed by atoms with Crippen molar-refractivity contribution < 1.29 is 0 Å². The maximum Gasteiger partial charge on any atom is 0.118 e. The summed E-state index contributed by atoms with van der Waals surface area (Å²) in [6, 6.07) is 0. The van der Waals surface area contributed by atoms with Crippen LogP contribution >= 0.6 is 23.2 Å². The van der Waals surface area contributed by atoms with Gasteiger partial charge in [0.2, 0.25) is 0 Å². The number of terminal acetylenes is 1. The van der Waals surface area contributed by atoms with Crippen LogP contribution in [0.1, 0.15) is 6.42 Å². The third-order valence-corrected chi connectivity index (χ3v) is 0.581. The average molecular weight is 123 g/mol. The second-order valence-corrected chi connectivity index (χ2v) is 2.08. The minimum absolute atomic E-state index is 0.394. The highest BCUT2D eigenvalue weighted by Gasteiger charge is 1.89. The van der Waals surface area contributed by atoms with E-state index >= 15 is 0 Å². The highest BCUT2D eigenvalue weighted by Crippen LogP contribution is 2.03. The van der Waals surface area contributed by atoms with Crippen molar-refractivity contribution in [1.29, 1.82) is 0 Å². The highest BCUT2D eigenvalue weighted by atomic mass is 35.5. The second kappa shape index (κ2) is 3.33. The van der Waals surface area contributed by atoms with E-state index in [2.05, 4.69) is 5.92 Å². The molecule has 0 heterocycles. The molecule has 0 N–H and O–H groups in total. The van der Waals surface area contributed by atoms with Gasteiger partial charge in [0.15, 0.2) is 0 Å². The van der Waals surface area contributed by atoms with Crippen molar-refractivity contribution >= 4 is 23.2 Å². The van der Waals surface area contributed by atoms with Crippen molar-refractivity contribution in [1.82, 2.24) is 0 Å². The normalized spacial score (nSPS) is 8.33. The Morgan fingerprint density at radius 1 is 1.67 bits per heavy atom. The summed E-state index contributed by atoms with van der Waals surface area (Å²) in [5, 5.41) is 0. The Hall–Kier alpha value is 0.140. The Morgan fingerprint density at radius 3 is 2.17 bits per heavy atom. The summed E-state index contributed by atoms with van der Waals surface area (Å²) in [6.45, 7) is 0. The monoisotopic (exact) mass is 122 g/mol. The molecule has 0 aromatic heterocycles.